The predicted octanol–water partition coefficient (Wildman–Crippen LogP) is 5.49. The van der Waals surface area contributed by atoms with Gasteiger partial charge in [0.15, 0.2) is 0 Å². The molecule has 0 N–H and O–H groups in total. The molecule has 4 bridgehead atoms. The molecule has 2 heteroatoms. The summed E-state index contributed by atoms with van der Waals surface area (Å²) in [7, 11) is 3.50. The van der Waals surface area contributed by atoms with Crippen molar-refractivity contribution in [3.63, 3.8) is 0 Å². The summed E-state index contributed by atoms with van der Waals surface area (Å²) in [5.74, 6) is 3.67. The van der Waals surface area contributed by atoms with E-state index in [0.29, 0.717) is 10.8 Å². The molecule has 4 saturated carbocycles. The zero-order chi connectivity index (χ0) is 17.8. The minimum absolute atomic E-state index is 0.357. The second-order valence-corrected chi connectivity index (χ2v) is 8.98. The van der Waals surface area contributed by atoms with Gasteiger partial charge in [0.1, 0.15) is 11.5 Å². The molecule has 136 valence electrons. The Morgan fingerprint density at radius 2 is 1.04 bits per heavy atom. The summed E-state index contributed by atoms with van der Waals surface area (Å²) in [6.45, 7) is 0. The monoisotopic (exact) mass is 348 g/mol. The lowest BCUT2D eigenvalue weighted by Crippen LogP contribution is -2.55. The molecule has 0 radical (unpaired) electrons. The van der Waals surface area contributed by atoms with Gasteiger partial charge in [-0.15, -0.1) is 0 Å². The molecule has 6 rings (SSSR count). The lowest BCUT2D eigenvalue weighted by molar-refractivity contribution is -0.0281. The number of hydrogen-bond donors (Lipinski definition) is 0. The number of methoxy groups -OCH3 is 2. The van der Waals surface area contributed by atoms with Gasteiger partial charge in [-0.1, -0.05) is 24.3 Å². The Balaban J connectivity index is 1.54. The minimum Gasteiger partial charge on any atom is -0.497 e. The average molecular weight is 348 g/mol. The van der Waals surface area contributed by atoms with Crippen molar-refractivity contribution >= 4 is 0 Å². The Hall–Kier alpha value is -1.96. The summed E-state index contributed by atoms with van der Waals surface area (Å²) in [4.78, 5) is 0. The third-order valence-electron chi connectivity index (χ3n) is 7.47. The van der Waals surface area contributed by atoms with E-state index in [-0.39, 0.29) is 0 Å². The van der Waals surface area contributed by atoms with E-state index in [9.17, 15) is 0 Å². The molecule has 2 nitrogen and oxygen atoms in total. The fraction of sp³-hybridized carbons (Fsp3) is 0.500. The Morgan fingerprint density at radius 3 is 1.38 bits per heavy atom. The molecule has 0 aromatic heterocycles. The van der Waals surface area contributed by atoms with Gasteiger partial charge in [0.05, 0.1) is 14.2 Å². The molecule has 4 fully saturated rings. The molecule has 4 aliphatic rings. The number of ether oxygens (including phenoxy) is 2. The van der Waals surface area contributed by atoms with Crippen LogP contribution >= 0.6 is 0 Å². The van der Waals surface area contributed by atoms with Crippen LogP contribution in [0.25, 0.3) is 0 Å². The van der Waals surface area contributed by atoms with E-state index < -0.39 is 0 Å². The third kappa shape index (κ3) is 2.38. The maximum absolute atomic E-state index is 5.39. The van der Waals surface area contributed by atoms with E-state index in [4.69, 9.17) is 9.47 Å². The molecular formula is C24H28O2. The first-order valence-corrected chi connectivity index (χ1v) is 9.94. The van der Waals surface area contributed by atoms with Crippen LogP contribution in [0, 0.1) is 11.8 Å². The van der Waals surface area contributed by atoms with E-state index >= 15 is 0 Å². The first-order chi connectivity index (χ1) is 12.6. The van der Waals surface area contributed by atoms with Crippen molar-refractivity contribution in [2.75, 3.05) is 14.2 Å². The van der Waals surface area contributed by atoms with Crippen LogP contribution < -0.4 is 9.47 Å². The molecule has 0 amide bonds. The highest BCUT2D eigenvalue weighted by Crippen LogP contribution is 2.66. The van der Waals surface area contributed by atoms with Gasteiger partial charge in [0.25, 0.3) is 0 Å². The van der Waals surface area contributed by atoms with Gasteiger partial charge in [0.2, 0.25) is 0 Å². The quantitative estimate of drug-likeness (QED) is 0.727. The molecule has 4 aliphatic carbocycles. The zero-order valence-electron chi connectivity index (χ0n) is 15.8. The fourth-order valence-corrected chi connectivity index (χ4v) is 6.83. The van der Waals surface area contributed by atoms with Gasteiger partial charge in [-0.25, -0.2) is 0 Å². The predicted molar refractivity (Wildman–Crippen MR) is 104 cm³/mol. The Morgan fingerprint density at radius 1 is 0.654 bits per heavy atom. The zero-order valence-corrected chi connectivity index (χ0v) is 15.8. The fourth-order valence-electron chi connectivity index (χ4n) is 6.83. The number of benzene rings is 2. The van der Waals surface area contributed by atoms with Crippen molar-refractivity contribution < 1.29 is 9.47 Å². The summed E-state index contributed by atoms with van der Waals surface area (Å²) in [5.41, 5.74) is 3.78. The van der Waals surface area contributed by atoms with Crippen LogP contribution in [0.3, 0.4) is 0 Å². The maximum atomic E-state index is 5.39. The van der Waals surface area contributed by atoms with Crippen LogP contribution in [0.2, 0.25) is 0 Å². The van der Waals surface area contributed by atoms with Gasteiger partial charge < -0.3 is 9.47 Å². The second kappa shape index (κ2) is 5.77. The van der Waals surface area contributed by atoms with Gasteiger partial charge in [-0.05, 0) is 96.6 Å². The number of rotatable bonds is 4. The van der Waals surface area contributed by atoms with Crippen molar-refractivity contribution in [3.8, 4) is 11.5 Å². The summed E-state index contributed by atoms with van der Waals surface area (Å²) in [6.07, 6.45) is 8.21. The first kappa shape index (κ1) is 16.2. The minimum atomic E-state index is 0.357. The summed E-state index contributed by atoms with van der Waals surface area (Å²) in [5, 5.41) is 0. The van der Waals surface area contributed by atoms with Crippen LogP contribution in [0.1, 0.15) is 49.7 Å². The summed E-state index contributed by atoms with van der Waals surface area (Å²) in [6, 6.07) is 17.9. The van der Waals surface area contributed by atoms with E-state index in [1.54, 1.807) is 14.2 Å². The van der Waals surface area contributed by atoms with E-state index in [0.717, 1.165) is 23.3 Å². The molecule has 0 saturated heterocycles. The van der Waals surface area contributed by atoms with Gasteiger partial charge in [0, 0.05) is 0 Å². The highest BCUT2D eigenvalue weighted by atomic mass is 16.5. The highest BCUT2D eigenvalue weighted by molar-refractivity contribution is 5.40. The Labute approximate surface area is 156 Å². The summed E-state index contributed by atoms with van der Waals surface area (Å²) < 4.78 is 10.8. The van der Waals surface area contributed by atoms with Crippen molar-refractivity contribution in [3.05, 3.63) is 59.7 Å². The molecule has 0 heterocycles. The van der Waals surface area contributed by atoms with Crippen LogP contribution in [-0.2, 0) is 10.8 Å². The first-order valence-electron chi connectivity index (χ1n) is 9.94. The van der Waals surface area contributed by atoms with Crippen molar-refractivity contribution in [2.24, 2.45) is 11.8 Å². The second-order valence-electron chi connectivity index (χ2n) is 8.98. The SMILES string of the molecule is COc1ccc([C@]23CC4C[C@H](C2)C[C@@](c2ccc(OC)cc2)(C4)C3)cc1. The molecule has 2 aromatic carbocycles. The standard InChI is InChI=1S/C24H28O2/c1-25-21-7-3-19(4-8-21)23-12-17-11-18(13-23)15-24(14-17,16-23)20-5-9-22(26-2)10-6-20/h3-10,17-18H,11-16H2,1-2H3/t17-,18?,23+,24-. The smallest absolute Gasteiger partial charge is 0.118 e. The summed E-state index contributed by atoms with van der Waals surface area (Å²) >= 11 is 0. The molecule has 2 aromatic rings. The lowest BCUT2D eigenvalue weighted by Gasteiger charge is -2.62. The van der Waals surface area contributed by atoms with Gasteiger partial charge in [-0.2, -0.15) is 0 Å². The molecular weight excluding hydrogens is 320 g/mol. The van der Waals surface area contributed by atoms with Gasteiger partial charge in [-0.3, -0.25) is 0 Å². The largest absolute Gasteiger partial charge is 0.497 e. The van der Waals surface area contributed by atoms with Crippen LogP contribution in [-0.4, -0.2) is 14.2 Å². The van der Waals surface area contributed by atoms with Crippen LogP contribution in [0.5, 0.6) is 11.5 Å². The lowest BCUT2D eigenvalue weighted by atomic mass is 9.42. The maximum Gasteiger partial charge on any atom is 0.118 e. The van der Waals surface area contributed by atoms with Gasteiger partial charge >= 0.3 is 0 Å². The van der Waals surface area contributed by atoms with E-state index in [1.165, 1.54) is 49.7 Å². The van der Waals surface area contributed by atoms with Crippen molar-refractivity contribution in [1.29, 1.82) is 0 Å². The molecule has 0 aliphatic heterocycles. The molecule has 0 spiro atoms. The topological polar surface area (TPSA) is 18.5 Å². The third-order valence-corrected chi connectivity index (χ3v) is 7.47. The average Bonchev–Trinajstić information content (AvgIpc) is 2.67. The van der Waals surface area contributed by atoms with Crippen LogP contribution in [0.15, 0.2) is 48.5 Å². The molecule has 0 atom stereocenters. The number of hydrogen-bond acceptors (Lipinski definition) is 2. The van der Waals surface area contributed by atoms with E-state index in [1.807, 2.05) is 0 Å². The molecule has 0 unspecified atom stereocenters. The Kier molecular flexibility index (Phi) is 3.60. The van der Waals surface area contributed by atoms with Crippen molar-refractivity contribution in [1.82, 2.24) is 0 Å². The normalized spacial score (nSPS) is 34.7. The highest BCUT2D eigenvalue weighted by Gasteiger charge is 2.58. The Bertz CT molecular complexity index is 710. The van der Waals surface area contributed by atoms with Crippen molar-refractivity contribution in [2.45, 2.75) is 49.4 Å². The van der Waals surface area contributed by atoms with Crippen LogP contribution in [0.4, 0.5) is 0 Å². The van der Waals surface area contributed by atoms with E-state index in [2.05, 4.69) is 48.5 Å². The molecule has 26 heavy (non-hydrogen) atoms.